The Morgan fingerprint density at radius 3 is 2.83 bits per heavy atom. The van der Waals surface area contributed by atoms with Gasteiger partial charge in [-0.3, -0.25) is 4.79 Å². The van der Waals surface area contributed by atoms with Gasteiger partial charge in [0.1, 0.15) is 11.1 Å². The minimum Gasteiger partial charge on any atom is -0.471 e. The lowest BCUT2D eigenvalue weighted by Crippen LogP contribution is -2.17. The molecule has 1 amide bonds. The minimum atomic E-state index is -1.05. The molecule has 0 bridgehead atoms. The van der Waals surface area contributed by atoms with Crippen LogP contribution in [-0.4, -0.2) is 30.2 Å². The van der Waals surface area contributed by atoms with Gasteiger partial charge < -0.3 is 14.8 Å². The van der Waals surface area contributed by atoms with E-state index in [-0.39, 0.29) is 28.3 Å². The monoisotopic (exact) mass is 354 g/mol. The number of amides is 1. The highest BCUT2D eigenvalue weighted by atomic mass is 35.5. The number of pyridine rings is 1. The van der Waals surface area contributed by atoms with Crippen molar-refractivity contribution in [3.05, 3.63) is 52.7 Å². The molecule has 1 N–H and O–H groups in total. The molecular weight excluding hydrogens is 342 g/mol. The van der Waals surface area contributed by atoms with Crippen molar-refractivity contribution < 1.29 is 23.0 Å². The summed E-state index contributed by atoms with van der Waals surface area (Å²) in [7, 11) is 0. The minimum absolute atomic E-state index is 0.114. The first kappa shape index (κ1) is 16.6. The third-order valence-electron chi connectivity index (χ3n) is 3.41. The zero-order chi connectivity index (χ0) is 17.1. The van der Waals surface area contributed by atoms with E-state index in [1.165, 1.54) is 18.3 Å². The molecule has 1 aromatic heterocycles. The molecule has 1 atom stereocenters. The Hall–Kier alpha value is -2.25. The summed E-state index contributed by atoms with van der Waals surface area (Å²) in [6.45, 7) is 1.09. The molecule has 0 spiro atoms. The van der Waals surface area contributed by atoms with Gasteiger partial charge in [0.2, 0.25) is 5.88 Å². The summed E-state index contributed by atoms with van der Waals surface area (Å²) >= 11 is 6.08. The molecule has 1 fully saturated rings. The molecule has 0 saturated carbocycles. The largest absolute Gasteiger partial charge is 0.471 e. The van der Waals surface area contributed by atoms with Crippen molar-refractivity contribution in [2.24, 2.45) is 0 Å². The average molecular weight is 355 g/mol. The van der Waals surface area contributed by atoms with Crippen molar-refractivity contribution in [1.29, 1.82) is 0 Å². The van der Waals surface area contributed by atoms with Crippen LogP contribution in [-0.2, 0) is 4.74 Å². The maximum atomic E-state index is 13.2. The van der Waals surface area contributed by atoms with Gasteiger partial charge >= 0.3 is 0 Å². The number of anilines is 1. The molecule has 1 aliphatic heterocycles. The lowest BCUT2D eigenvalue weighted by atomic mass is 10.2. The first-order valence-corrected chi connectivity index (χ1v) is 7.57. The first-order chi connectivity index (χ1) is 11.5. The topological polar surface area (TPSA) is 60.5 Å². The molecular formula is C16H13ClF2N2O3. The van der Waals surface area contributed by atoms with E-state index in [1.54, 1.807) is 0 Å². The molecule has 3 rings (SSSR count). The zero-order valence-corrected chi connectivity index (χ0v) is 13.1. The van der Waals surface area contributed by atoms with Crippen molar-refractivity contribution in [1.82, 2.24) is 4.98 Å². The summed E-state index contributed by atoms with van der Waals surface area (Å²) in [5.41, 5.74) is 0.290. The molecule has 2 heterocycles. The fourth-order valence-corrected chi connectivity index (χ4v) is 2.39. The number of ether oxygens (including phenoxy) is 2. The second-order valence-corrected chi connectivity index (χ2v) is 5.60. The first-order valence-electron chi connectivity index (χ1n) is 7.19. The van der Waals surface area contributed by atoms with Gasteiger partial charge in [0.15, 0.2) is 11.6 Å². The highest BCUT2D eigenvalue weighted by molar-refractivity contribution is 6.32. The van der Waals surface area contributed by atoms with Crippen molar-refractivity contribution >= 4 is 23.2 Å². The summed E-state index contributed by atoms with van der Waals surface area (Å²) in [5, 5.41) is 2.62. The highest BCUT2D eigenvalue weighted by Crippen LogP contribution is 2.25. The lowest BCUT2D eigenvalue weighted by Gasteiger charge is -2.12. The average Bonchev–Trinajstić information content (AvgIpc) is 3.06. The predicted molar refractivity (Wildman–Crippen MR) is 83.4 cm³/mol. The van der Waals surface area contributed by atoms with Gasteiger partial charge in [0, 0.05) is 24.4 Å². The van der Waals surface area contributed by atoms with E-state index in [4.69, 9.17) is 21.1 Å². The van der Waals surface area contributed by atoms with E-state index in [0.29, 0.717) is 13.2 Å². The number of benzene rings is 1. The number of rotatable bonds is 4. The van der Waals surface area contributed by atoms with Crippen LogP contribution in [0.25, 0.3) is 0 Å². The van der Waals surface area contributed by atoms with Crippen LogP contribution < -0.4 is 10.1 Å². The number of nitrogens with one attached hydrogen (secondary N) is 1. The quantitative estimate of drug-likeness (QED) is 0.913. The van der Waals surface area contributed by atoms with E-state index in [9.17, 15) is 13.6 Å². The van der Waals surface area contributed by atoms with Gasteiger partial charge in [-0.05, 0) is 18.2 Å². The van der Waals surface area contributed by atoms with E-state index in [0.717, 1.165) is 18.6 Å². The van der Waals surface area contributed by atoms with E-state index >= 15 is 0 Å². The Labute approximate surface area is 141 Å². The molecule has 2 aromatic rings. The smallest absolute Gasteiger partial charge is 0.257 e. The number of nitrogens with zero attached hydrogens (tertiary/aromatic N) is 1. The molecule has 1 saturated heterocycles. The Balaban J connectivity index is 1.70. The Morgan fingerprint density at radius 1 is 1.33 bits per heavy atom. The van der Waals surface area contributed by atoms with Gasteiger partial charge in [0.25, 0.3) is 5.91 Å². The van der Waals surface area contributed by atoms with Crippen LogP contribution in [0.5, 0.6) is 5.88 Å². The molecule has 0 aliphatic carbocycles. The van der Waals surface area contributed by atoms with Gasteiger partial charge in [-0.25, -0.2) is 13.8 Å². The lowest BCUT2D eigenvalue weighted by molar-refractivity contribution is 0.102. The number of hydrogen-bond donors (Lipinski definition) is 1. The fraction of sp³-hybridized carbons (Fsp3) is 0.250. The molecule has 1 unspecified atom stereocenters. The molecule has 24 heavy (non-hydrogen) atoms. The number of hydrogen-bond acceptors (Lipinski definition) is 4. The third-order valence-corrected chi connectivity index (χ3v) is 3.68. The summed E-state index contributed by atoms with van der Waals surface area (Å²) in [4.78, 5) is 16.2. The Kier molecular flexibility index (Phi) is 4.92. The number of carbonyl (C=O) groups excluding carboxylic acids is 1. The summed E-state index contributed by atoms with van der Waals surface area (Å²) in [6, 6.07) is 4.47. The maximum Gasteiger partial charge on any atom is 0.257 e. The molecule has 1 aliphatic rings. The molecule has 1 aromatic carbocycles. The number of aromatic nitrogens is 1. The van der Waals surface area contributed by atoms with Crippen molar-refractivity contribution in [3.63, 3.8) is 0 Å². The van der Waals surface area contributed by atoms with E-state index < -0.39 is 17.5 Å². The van der Waals surface area contributed by atoms with Gasteiger partial charge in [-0.15, -0.1) is 0 Å². The maximum absolute atomic E-state index is 13.2. The van der Waals surface area contributed by atoms with E-state index in [1.807, 2.05) is 0 Å². The highest BCUT2D eigenvalue weighted by Gasteiger charge is 2.20. The predicted octanol–water partition coefficient (Wildman–Crippen LogP) is 3.43. The van der Waals surface area contributed by atoms with Crippen LogP contribution in [0.1, 0.15) is 16.8 Å². The SMILES string of the molecule is O=C(Nc1ccc(F)c(F)c1)c1cnc(OC2CCOC2)c(Cl)c1. The third kappa shape index (κ3) is 3.80. The van der Waals surface area contributed by atoms with Crippen LogP contribution >= 0.6 is 11.6 Å². The summed E-state index contributed by atoms with van der Waals surface area (Å²) in [6.07, 6.45) is 1.93. The Morgan fingerprint density at radius 2 is 2.17 bits per heavy atom. The molecule has 5 nitrogen and oxygen atoms in total. The van der Waals surface area contributed by atoms with Crippen LogP contribution in [0, 0.1) is 11.6 Å². The molecule has 8 heteroatoms. The standard InChI is InChI=1S/C16H13ClF2N2O3/c17-12-5-9(7-20-16(12)24-11-3-4-23-8-11)15(22)21-10-1-2-13(18)14(19)6-10/h1-2,5-7,11H,3-4,8H2,(H,21,22). The fourth-order valence-electron chi connectivity index (χ4n) is 2.18. The van der Waals surface area contributed by atoms with Crippen molar-refractivity contribution in [2.45, 2.75) is 12.5 Å². The number of carbonyl (C=O) groups is 1. The van der Waals surface area contributed by atoms with Crippen LogP contribution in [0.4, 0.5) is 14.5 Å². The van der Waals surface area contributed by atoms with Gasteiger partial charge in [-0.2, -0.15) is 0 Å². The van der Waals surface area contributed by atoms with Crippen molar-refractivity contribution in [3.8, 4) is 5.88 Å². The van der Waals surface area contributed by atoms with Gasteiger partial charge in [0.05, 0.1) is 18.8 Å². The second-order valence-electron chi connectivity index (χ2n) is 5.20. The van der Waals surface area contributed by atoms with Gasteiger partial charge in [-0.1, -0.05) is 11.6 Å². The van der Waals surface area contributed by atoms with E-state index in [2.05, 4.69) is 10.3 Å². The Bertz CT molecular complexity index is 767. The van der Waals surface area contributed by atoms with Crippen LogP contribution in [0.15, 0.2) is 30.5 Å². The molecule has 126 valence electrons. The van der Waals surface area contributed by atoms with Crippen molar-refractivity contribution in [2.75, 3.05) is 18.5 Å². The summed E-state index contributed by atoms with van der Waals surface area (Å²) < 4.78 is 36.8. The normalized spacial score (nSPS) is 16.9. The van der Waals surface area contributed by atoms with Crippen LogP contribution in [0.3, 0.4) is 0 Å². The second kappa shape index (κ2) is 7.11. The van der Waals surface area contributed by atoms with Crippen LogP contribution in [0.2, 0.25) is 5.02 Å². The summed E-state index contributed by atoms with van der Waals surface area (Å²) in [5.74, 6) is -2.37. The number of halogens is 3. The molecule has 0 radical (unpaired) electrons. The zero-order valence-electron chi connectivity index (χ0n) is 12.4.